The molecular formula is C45H25N3O2S. The van der Waals surface area contributed by atoms with Crippen LogP contribution < -0.4 is 0 Å². The number of fused-ring (bicyclic) bond motifs is 9. The van der Waals surface area contributed by atoms with E-state index in [2.05, 4.69) is 78.9 Å². The molecule has 0 saturated heterocycles. The minimum Gasteiger partial charge on any atom is -0.455 e. The number of hydrogen-bond donors (Lipinski definition) is 0. The number of thiophene rings is 1. The third kappa shape index (κ3) is 4.37. The van der Waals surface area contributed by atoms with Gasteiger partial charge in [0.1, 0.15) is 22.3 Å². The molecule has 0 aliphatic heterocycles. The second-order valence-electron chi connectivity index (χ2n) is 12.7. The fourth-order valence-electron chi connectivity index (χ4n) is 7.37. The summed E-state index contributed by atoms with van der Waals surface area (Å²) in [7, 11) is 0. The van der Waals surface area contributed by atoms with Crippen LogP contribution in [0.4, 0.5) is 0 Å². The first-order valence-corrected chi connectivity index (χ1v) is 17.7. The summed E-state index contributed by atoms with van der Waals surface area (Å²) < 4.78 is 15.3. The molecule has 51 heavy (non-hydrogen) atoms. The molecule has 0 saturated carbocycles. The summed E-state index contributed by atoms with van der Waals surface area (Å²) in [5.41, 5.74) is 8.34. The van der Waals surface area contributed by atoms with Gasteiger partial charge >= 0.3 is 0 Å². The second-order valence-corrected chi connectivity index (χ2v) is 13.8. The zero-order chi connectivity index (χ0) is 33.5. The van der Waals surface area contributed by atoms with E-state index in [0.29, 0.717) is 17.5 Å². The highest BCUT2D eigenvalue weighted by molar-refractivity contribution is 7.26. The molecule has 0 N–H and O–H groups in total. The maximum Gasteiger partial charge on any atom is 0.167 e. The van der Waals surface area contributed by atoms with E-state index in [1.54, 1.807) is 11.3 Å². The van der Waals surface area contributed by atoms with E-state index >= 15 is 0 Å². The highest BCUT2D eigenvalue weighted by Gasteiger charge is 2.20. The van der Waals surface area contributed by atoms with E-state index in [1.807, 2.05) is 72.8 Å². The topological polar surface area (TPSA) is 65.0 Å². The molecule has 0 aliphatic carbocycles. The largest absolute Gasteiger partial charge is 0.455 e. The Labute approximate surface area is 295 Å². The highest BCUT2D eigenvalue weighted by atomic mass is 32.1. The van der Waals surface area contributed by atoms with Gasteiger partial charge in [0.2, 0.25) is 0 Å². The standard InChI is InChI=1S/C45H25N3O2S/c1-2-11-26(12-3-1)43-46-44(48-45(47-43)35-20-9-16-31-29-14-5-7-22-38(29)50-41(31)35)27-23-24-39-36(25-27)34-19-10-18-33(42(34)51-39)32-17-8-15-30-28-13-4-6-21-37(28)49-40(30)32/h1-25H. The van der Waals surface area contributed by atoms with Crippen molar-refractivity contribution in [2.45, 2.75) is 0 Å². The molecule has 0 radical (unpaired) electrons. The minimum absolute atomic E-state index is 0.569. The van der Waals surface area contributed by atoms with E-state index < -0.39 is 0 Å². The zero-order valence-corrected chi connectivity index (χ0v) is 27.8. The van der Waals surface area contributed by atoms with Gasteiger partial charge in [-0.3, -0.25) is 0 Å². The molecule has 6 heteroatoms. The SMILES string of the molecule is c1ccc(-c2nc(-c3ccc4sc5c(-c6cccc7c6oc6ccccc67)cccc5c4c3)nc(-c3cccc4c3oc3ccccc34)n2)cc1. The molecule has 238 valence electrons. The van der Waals surface area contributed by atoms with Crippen molar-refractivity contribution in [3.05, 3.63) is 152 Å². The molecule has 0 aliphatic rings. The number of hydrogen-bond acceptors (Lipinski definition) is 6. The maximum absolute atomic E-state index is 6.45. The predicted octanol–water partition coefficient (Wildman–Crippen LogP) is 12.7. The van der Waals surface area contributed by atoms with Crippen molar-refractivity contribution in [3.8, 4) is 45.3 Å². The van der Waals surface area contributed by atoms with Gasteiger partial charge in [0, 0.05) is 64.0 Å². The van der Waals surface area contributed by atoms with Crippen LogP contribution in [0.25, 0.3) is 109 Å². The molecule has 0 atom stereocenters. The first kappa shape index (κ1) is 28.2. The third-order valence-electron chi connectivity index (χ3n) is 9.76. The van der Waals surface area contributed by atoms with Gasteiger partial charge in [-0.2, -0.15) is 0 Å². The normalized spacial score (nSPS) is 11.9. The lowest BCUT2D eigenvalue weighted by molar-refractivity contribution is 0.669. The number of benzene rings is 7. The lowest BCUT2D eigenvalue weighted by atomic mass is 10.00. The molecule has 0 fully saturated rings. The number of para-hydroxylation sites is 4. The van der Waals surface area contributed by atoms with Gasteiger partial charge in [-0.05, 0) is 36.4 Å². The van der Waals surface area contributed by atoms with Crippen molar-refractivity contribution >= 4 is 75.4 Å². The van der Waals surface area contributed by atoms with Crippen molar-refractivity contribution in [3.63, 3.8) is 0 Å². The van der Waals surface area contributed by atoms with Gasteiger partial charge in [0.05, 0.1) is 5.56 Å². The van der Waals surface area contributed by atoms with Crippen LogP contribution in [0, 0.1) is 0 Å². The predicted molar refractivity (Wildman–Crippen MR) is 209 cm³/mol. The van der Waals surface area contributed by atoms with Gasteiger partial charge in [-0.25, -0.2) is 15.0 Å². The zero-order valence-electron chi connectivity index (χ0n) is 27.0. The first-order chi connectivity index (χ1) is 25.3. The average Bonchev–Trinajstić information content (AvgIpc) is 3.89. The van der Waals surface area contributed by atoms with Gasteiger partial charge in [-0.15, -0.1) is 11.3 Å². The smallest absolute Gasteiger partial charge is 0.167 e. The quantitative estimate of drug-likeness (QED) is 0.186. The van der Waals surface area contributed by atoms with Crippen molar-refractivity contribution in [2.75, 3.05) is 0 Å². The fourth-order valence-corrected chi connectivity index (χ4v) is 8.58. The van der Waals surface area contributed by atoms with E-state index in [4.69, 9.17) is 23.8 Å². The van der Waals surface area contributed by atoms with Gasteiger partial charge in [-0.1, -0.05) is 115 Å². The molecule has 11 rings (SSSR count). The van der Waals surface area contributed by atoms with Crippen LogP contribution in [-0.4, -0.2) is 15.0 Å². The first-order valence-electron chi connectivity index (χ1n) is 16.9. The Morgan fingerprint density at radius 2 is 0.922 bits per heavy atom. The summed E-state index contributed by atoms with van der Waals surface area (Å²) in [5.74, 6) is 1.79. The second kappa shape index (κ2) is 10.9. The molecule has 11 aromatic rings. The number of nitrogens with zero attached hydrogens (tertiary/aromatic N) is 3. The van der Waals surface area contributed by atoms with Gasteiger partial charge in [0.25, 0.3) is 0 Å². The molecule has 4 heterocycles. The number of rotatable bonds is 4. The minimum atomic E-state index is 0.569. The van der Waals surface area contributed by atoms with Crippen LogP contribution in [0.3, 0.4) is 0 Å². The van der Waals surface area contributed by atoms with Crippen molar-refractivity contribution < 1.29 is 8.83 Å². The molecular weight excluding hydrogens is 647 g/mol. The Bertz CT molecular complexity index is 3160. The van der Waals surface area contributed by atoms with Crippen LogP contribution in [0.1, 0.15) is 0 Å². The lowest BCUT2D eigenvalue weighted by Gasteiger charge is -2.09. The van der Waals surface area contributed by atoms with Crippen LogP contribution in [0.2, 0.25) is 0 Å². The molecule has 5 nitrogen and oxygen atoms in total. The fraction of sp³-hybridized carbons (Fsp3) is 0. The van der Waals surface area contributed by atoms with E-state index in [-0.39, 0.29) is 0 Å². The molecule has 0 bridgehead atoms. The number of furan rings is 2. The molecule has 4 aromatic heterocycles. The Balaban J connectivity index is 1.11. The Hall–Kier alpha value is -6.63. The van der Waals surface area contributed by atoms with Gasteiger partial charge < -0.3 is 8.83 Å². The van der Waals surface area contributed by atoms with Crippen molar-refractivity contribution in [1.29, 1.82) is 0 Å². The molecule has 7 aromatic carbocycles. The average molecular weight is 672 g/mol. The summed E-state index contributed by atoms with van der Waals surface area (Å²) >= 11 is 1.80. The highest BCUT2D eigenvalue weighted by Crippen LogP contribution is 2.44. The van der Waals surface area contributed by atoms with Crippen molar-refractivity contribution in [1.82, 2.24) is 15.0 Å². The molecule has 0 unspecified atom stereocenters. The van der Waals surface area contributed by atoms with E-state index in [1.165, 1.54) is 14.8 Å². The van der Waals surface area contributed by atoms with E-state index in [0.717, 1.165) is 77.1 Å². The van der Waals surface area contributed by atoms with Crippen LogP contribution >= 0.6 is 11.3 Å². The Morgan fingerprint density at radius 3 is 1.65 bits per heavy atom. The van der Waals surface area contributed by atoms with Crippen LogP contribution in [0.5, 0.6) is 0 Å². The summed E-state index contributed by atoms with van der Waals surface area (Å²) in [4.78, 5) is 15.2. The van der Waals surface area contributed by atoms with Crippen LogP contribution in [-0.2, 0) is 0 Å². The van der Waals surface area contributed by atoms with Crippen LogP contribution in [0.15, 0.2) is 160 Å². The van der Waals surface area contributed by atoms with E-state index in [9.17, 15) is 0 Å². The Morgan fingerprint density at radius 1 is 0.373 bits per heavy atom. The third-order valence-corrected chi connectivity index (χ3v) is 11.0. The molecule has 0 spiro atoms. The summed E-state index contributed by atoms with van der Waals surface area (Å²) in [6.45, 7) is 0. The monoisotopic (exact) mass is 671 g/mol. The summed E-state index contributed by atoms with van der Waals surface area (Å²) in [6, 6.07) is 52.1. The summed E-state index contributed by atoms with van der Waals surface area (Å²) in [6.07, 6.45) is 0. The van der Waals surface area contributed by atoms with Gasteiger partial charge in [0.15, 0.2) is 17.5 Å². The summed E-state index contributed by atoms with van der Waals surface area (Å²) in [5, 5.41) is 6.71. The van der Waals surface area contributed by atoms with Crippen molar-refractivity contribution in [2.24, 2.45) is 0 Å². The maximum atomic E-state index is 6.45. The number of aromatic nitrogens is 3. The Kier molecular flexibility index (Phi) is 6.05. The molecule has 0 amide bonds. The lowest BCUT2D eigenvalue weighted by Crippen LogP contribution is -2.00.